The molecule has 39 heavy (non-hydrogen) atoms. The van der Waals surface area contributed by atoms with E-state index in [0.717, 1.165) is 15.4 Å². The molecule has 1 N–H and O–H groups in total. The van der Waals surface area contributed by atoms with Crippen LogP contribution in [0.4, 0.5) is 5.69 Å². The number of hydrogen-bond acceptors (Lipinski definition) is 6. The van der Waals surface area contributed by atoms with E-state index in [4.69, 9.17) is 9.47 Å². The molecule has 0 spiro atoms. The van der Waals surface area contributed by atoms with Gasteiger partial charge < -0.3 is 19.7 Å². The fourth-order valence-electron chi connectivity index (χ4n) is 4.19. The van der Waals surface area contributed by atoms with Crippen molar-refractivity contribution >= 4 is 27.5 Å². The number of methoxy groups -OCH3 is 2. The minimum Gasteiger partial charge on any atom is -0.497 e. The highest BCUT2D eigenvalue weighted by molar-refractivity contribution is 7.92. The summed E-state index contributed by atoms with van der Waals surface area (Å²) >= 11 is 0. The van der Waals surface area contributed by atoms with Gasteiger partial charge in [0.1, 0.15) is 24.1 Å². The third-order valence-electron chi connectivity index (χ3n) is 6.35. The van der Waals surface area contributed by atoms with Crippen LogP contribution in [0, 0.1) is 6.92 Å². The Hall–Kier alpha value is -4.05. The zero-order chi connectivity index (χ0) is 28.6. The van der Waals surface area contributed by atoms with Gasteiger partial charge in [-0.1, -0.05) is 42.8 Å². The van der Waals surface area contributed by atoms with Crippen molar-refractivity contribution in [2.45, 2.75) is 37.8 Å². The molecule has 10 heteroatoms. The van der Waals surface area contributed by atoms with Crippen LogP contribution in [-0.4, -0.2) is 59.0 Å². The second kappa shape index (κ2) is 13.1. The van der Waals surface area contributed by atoms with E-state index >= 15 is 0 Å². The minimum absolute atomic E-state index is 0.0430. The van der Waals surface area contributed by atoms with E-state index in [1.54, 1.807) is 68.6 Å². The molecule has 0 unspecified atom stereocenters. The zero-order valence-electron chi connectivity index (χ0n) is 22.9. The molecule has 0 saturated carbocycles. The monoisotopic (exact) mass is 553 g/mol. The Morgan fingerprint density at radius 3 is 2.13 bits per heavy atom. The molecule has 208 valence electrons. The van der Waals surface area contributed by atoms with Crippen molar-refractivity contribution in [2.75, 3.05) is 32.1 Å². The average molecular weight is 554 g/mol. The van der Waals surface area contributed by atoms with Crippen molar-refractivity contribution in [3.63, 3.8) is 0 Å². The maximum atomic E-state index is 14.0. The summed E-state index contributed by atoms with van der Waals surface area (Å²) in [7, 11) is 0.372. The number of hydrogen-bond donors (Lipinski definition) is 1. The summed E-state index contributed by atoms with van der Waals surface area (Å²) in [6, 6.07) is 19.3. The van der Waals surface area contributed by atoms with Crippen molar-refractivity contribution in [3.05, 3.63) is 83.9 Å². The number of carbonyl (C=O) groups excluding carboxylic acids is 2. The van der Waals surface area contributed by atoms with E-state index in [9.17, 15) is 18.0 Å². The average Bonchev–Trinajstić information content (AvgIpc) is 2.95. The Morgan fingerprint density at radius 2 is 1.54 bits per heavy atom. The molecule has 3 aromatic carbocycles. The number of rotatable bonds is 12. The van der Waals surface area contributed by atoms with Crippen LogP contribution in [0.2, 0.25) is 0 Å². The fourth-order valence-corrected chi connectivity index (χ4v) is 5.59. The summed E-state index contributed by atoms with van der Waals surface area (Å²) in [6.07, 6.45) is 0.333. The summed E-state index contributed by atoms with van der Waals surface area (Å²) in [4.78, 5) is 28.2. The SMILES string of the molecule is CC[C@H](C(=O)NC)N(Cc1cccc(OC)c1)C(=O)CN(c1cccc(OC)c1)S(=O)(=O)c1ccc(C)cc1. The predicted octanol–water partition coefficient (Wildman–Crippen LogP) is 3.76. The maximum absolute atomic E-state index is 14.0. The van der Waals surface area contributed by atoms with Gasteiger partial charge in [-0.05, 0) is 55.3 Å². The van der Waals surface area contributed by atoms with Gasteiger partial charge in [-0.15, -0.1) is 0 Å². The lowest BCUT2D eigenvalue weighted by molar-refractivity contribution is -0.140. The number of anilines is 1. The molecule has 0 radical (unpaired) electrons. The summed E-state index contributed by atoms with van der Waals surface area (Å²) < 4.78 is 39.5. The van der Waals surface area contributed by atoms with Crippen LogP contribution in [0.5, 0.6) is 11.5 Å². The largest absolute Gasteiger partial charge is 0.497 e. The van der Waals surface area contributed by atoms with Crippen molar-refractivity contribution in [3.8, 4) is 11.5 Å². The topological polar surface area (TPSA) is 105 Å². The molecule has 0 aromatic heterocycles. The first-order valence-electron chi connectivity index (χ1n) is 12.5. The van der Waals surface area contributed by atoms with Gasteiger partial charge in [-0.25, -0.2) is 8.42 Å². The van der Waals surface area contributed by atoms with E-state index in [1.165, 1.54) is 31.2 Å². The van der Waals surface area contributed by atoms with Crippen LogP contribution in [0.3, 0.4) is 0 Å². The Balaban J connectivity index is 2.08. The highest BCUT2D eigenvalue weighted by Gasteiger charge is 2.33. The van der Waals surface area contributed by atoms with Gasteiger partial charge in [-0.3, -0.25) is 13.9 Å². The smallest absolute Gasteiger partial charge is 0.264 e. The number of nitrogens with one attached hydrogen (secondary N) is 1. The van der Waals surface area contributed by atoms with Crippen molar-refractivity contribution in [1.29, 1.82) is 0 Å². The predicted molar refractivity (Wildman–Crippen MR) is 150 cm³/mol. The lowest BCUT2D eigenvalue weighted by Gasteiger charge is -2.33. The van der Waals surface area contributed by atoms with Gasteiger partial charge >= 0.3 is 0 Å². The van der Waals surface area contributed by atoms with Gasteiger partial charge in [0.2, 0.25) is 11.8 Å². The molecule has 0 aliphatic heterocycles. The molecule has 0 aliphatic carbocycles. The van der Waals surface area contributed by atoms with Crippen molar-refractivity contribution in [2.24, 2.45) is 0 Å². The summed E-state index contributed by atoms with van der Waals surface area (Å²) in [5.74, 6) is 0.164. The zero-order valence-corrected chi connectivity index (χ0v) is 23.7. The van der Waals surface area contributed by atoms with Crippen LogP contribution in [-0.2, 0) is 26.2 Å². The van der Waals surface area contributed by atoms with Crippen molar-refractivity contribution in [1.82, 2.24) is 10.2 Å². The van der Waals surface area contributed by atoms with E-state index in [-0.39, 0.29) is 23.0 Å². The van der Waals surface area contributed by atoms with Crippen LogP contribution >= 0.6 is 0 Å². The first-order valence-corrected chi connectivity index (χ1v) is 14.0. The molecule has 9 nitrogen and oxygen atoms in total. The summed E-state index contributed by atoms with van der Waals surface area (Å²) in [6.45, 7) is 3.22. The van der Waals surface area contributed by atoms with Gasteiger partial charge in [-0.2, -0.15) is 0 Å². The third kappa shape index (κ3) is 7.08. The molecule has 0 saturated heterocycles. The molecule has 2 amide bonds. The quantitative estimate of drug-likeness (QED) is 0.366. The standard InChI is InChI=1S/C29H35N3O6S/c1-6-27(29(34)30-3)31(19-22-9-7-11-24(17-22)37-4)28(33)20-32(23-10-8-12-25(18-23)38-5)39(35,36)26-15-13-21(2)14-16-26/h7-18,27H,6,19-20H2,1-5H3,(H,30,34)/t27-/m1/s1. The highest BCUT2D eigenvalue weighted by atomic mass is 32.2. The second-order valence-corrected chi connectivity index (χ2v) is 10.8. The molecule has 0 heterocycles. The van der Waals surface area contributed by atoms with E-state index in [1.807, 2.05) is 13.0 Å². The first-order chi connectivity index (χ1) is 18.6. The molecule has 1 atom stereocenters. The molecule has 3 aromatic rings. The molecular weight excluding hydrogens is 518 g/mol. The second-order valence-electron chi connectivity index (χ2n) is 8.94. The number of amides is 2. The van der Waals surface area contributed by atoms with Crippen LogP contribution < -0.4 is 19.1 Å². The Labute approximate surface area is 230 Å². The van der Waals surface area contributed by atoms with Crippen molar-refractivity contribution < 1.29 is 27.5 Å². The van der Waals surface area contributed by atoms with Crippen LogP contribution in [0.15, 0.2) is 77.7 Å². The van der Waals surface area contributed by atoms with Gasteiger partial charge in [0, 0.05) is 19.7 Å². The fraction of sp³-hybridized carbons (Fsp3) is 0.310. The number of nitrogens with zero attached hydrogens (tertiary/aromatic N) is 2. The maximum Gasteiger partial charge on any atom is 0.264 e. The molecule has 0 aliphatic rings. The van der Waals surface area contributed by atoms with Crippen LogP contribution in [0.1, 0.15) is 24.5 Å². The van der Waals surface area contributed by atoms with E-state index < -0.39 is 28.5 Å². The molecule has 0 bridgehead atoms. The normalized spacial score (nSPS) is 11.8. The first kappa shape index (κ1) is 29.5. The van der Waals surface area contributed by atoms with Gasteiger partial charge in [0.15, 0.2) is 0 Å². The number of carbonyl (C=O) groups is 2. The molecule has 0 fully saturated rings. The number of likely N-dealkylation sites (N-methyl/N-ethyl adjacent to an activating group) is 1. The Kier molecular flexibility index (Phi) is 9.95. The Morgan fingerprint density at radius 1 is 0.923 bits per heavy atom. The van der Waals surface area contributed by atoms with E-state index in [2.05, 4.69) is 5.32 Å². The van der Waals surface area contributed by atoms with Crippen LogP contribution in [0.25, 0.3) is 0 Å². The van der Waals surface area contributed by atoms with Gasteiger partial charge in [0.25, 0.3) is 10.0 Å². The molecule has 3 rings (SSSR count). The van der Waals surface area contributed by atoms with Gasteiger partial charge in [0.05, 0.1) is 24.8 Å². The minimum atomic E-state index is -4.16. The highest BCUT2D eigenvalue weighted by Crippen LogP contribution is 2.28. The number of sulfonamides is 1. The number of benzene rings is 3. The molecular formula is C29H35N3O6S. The lowest BCUT2D eigenvalue weighted by atomic mass is 10.1. The third-order valence-corrected chi connectivity index (χ3v) is 8.14. The summed E-state index contributed by atoms with van der Waals surface area (Å²) in [5.41, 5.74) is 1.90. The number of aryl methyl sites for hydroxylation is 1. The Bertz CT molecular complexity index is 1390. The van der Waals surface area contributed by atoms with E-state index in [0.29, 0.717) is 17.9 Å². The lowest BCUT2D eigenvalue weighted by Crippen LogP contribution is -2.51. The summed E-state index contributed by atoms with van der Waals surface area (Å²) in [5, 5.41) is 2.62. The number of ether oxygens (including phenoxy) is 2.